The third-order valence-electron chi connectivity index (χ3n) is 5.00. The molecule has 0 aliphatic carbocycles. The molecular formula is C24H25ClN2O4S. The van der Waals surface area contributed by atoms with Gasteiger partial charge in [0.1, 0.15) is 11.8 Å². The molecule has 2 atom stereocenters. The average molecular weight is 473 g/mol. The van der Waals surface area contributed by atoms with Crippen molar-refractivity contribution in [3.63, 3.8) is 0 Å². The topological polar surface area (TPSA) is 84.5 Å². The number of hydrogen-bond donors (Lipinski definition) is 2. The van der Waals surface area contributed by atoms with Gasteiger partial charge >= 0.3 is 0 Å². The molecule has 0 heterocycles. The van der Waals surface area contributed by atoms with Gasteiger partial charge in [0.25, 0.3) is 0 Å². The number of nitrogens with one attached hydrogen (secondary N) is 2. The lowest BCUT2D eigenvalue weighted by Gasteiger charge is -2.22. The summed E-state index contributed by atoms with van der Waals surface area (Å²) in [7, 11) is -2.35. The van der Waals surface area contributed by atoms with E-state index in [4.69, 9.17) is 16.3 Å². The van der Waals surface area contributed by atoms with Gasteiger partial charge in [0.05, 0.1) is 18.0 Å². The molecule has 0 radical (unpaired) electrons. The Balaban J connectivity index is 1.81. The second-order valence-corrected chi connectivity index (χ2v) is 9.47. The Morgan fingerprint density at radius 2 is 1.59 bits per heavy atom. The van der Waals surface area contributed by atoms with Gasteiger partial charge in [-0.15, -0.1) is 0 Å². The van der Waals surface area contributed by atoms with Crippen LogP contribution in [0.15, 0.2) is 83.8 Å². The van der Waals surface area contributed by atoms with Crippen molar-refractivity contribution in [1.29, 1.82) is 0 Å². The molecule has 0 spiro atoms. The van der Waals surface area contributed by atoms with Crippen LogP contribution in [-0.4, -0.2) is 27.5 Å². The normalized spacial score (nSPS) is 13.2. The van der Waals surface area contributed by atoms with Gasteiger partial charge in [0.2, 0.25) is 15.9 Å². The van der Waals surface area contributed by atoms with Gasteiger partial charge in [-0.2, -0.15) is 4.72 Å². The molecule has 8 heteroatoms. The maximum atomic E-state index is 13.1. The zero-order valence-electron chi connectivity index (χ0n) is 17.8. The fraction of sp³-hybridized carbons (Fsp3) is 0.208. The summed E-state index contributed by atoms with van der Waals surface area (Å²) in [6.07, 6.45) is 0.203. The fourth-order valence-corrected chi connectivity index (χ4v) is 4.52. The highest BCUT2D eigenvalue weighted by Gasteiger charge is 2.27. The summed E-state index contributed by atoms with van der Waals surface area (Å²) in [4.78, 5) is 13.2. The lowest BCUT2D eigenvalue weighted by molar-refractivity contribution is -0.123. The summed E-state index contributed by atoms with van der Waals surface area (Å²) in [5, 5.41) is 3.34. The third-order valence-corrected chi connectivity index (χ3v) is 6.73. The first kappa shape index (κ1) is 23.8. The number of amides is 1. The van der Waals surface area contributed by atoms with Crippen molar-refractivity contribution >= 4 is 27.5 Å². The van der Waals surface area contributed by atoms with Crippen molar-refractivity contribution < 1.29 is 17.9 Å². The van der Waals surface area contributed by atoms with Crippen molar-refractivity contribution in [2.45, 2.75) is 30.3 Å². The van der Waals surface area contributed by atoms with Crippen molar-refractivity contribution in [2.24, 2.45) is 0 Å². The predicted molar refractivity (Wildman–Crippen MR) is 125 cm³/mol. The van der Waals surface area contributed by atoms with E-state index in [1.54, 1.807) is 7.11 Å². The van der Waals surface area contributed by atoms with Crippen LogP contribution in [-0.2, 0) is 21.2 Å². The Morgan fingerprint density at radius 1 is 0.969 bits per heavy atom. The van der Waals surface area contributed by atoms with E-state index >= 15 is 0 Å². The number of rotatable bonds is 9. The largest absolute Gasteiger partial charge is 0.497 e. The highest BCUT2D eigenvalue weighted by Crippen LogP contribution is 2.19. The highest BCUT2D eigenvalue weighted by atomic mass is 35.5. The van der Waals surface area contributed by atoms with E-state index in [-0.39, 0.29) is 17.4 Å². The van der Waals surface area contributed by atoms with E-state index in [1.165, 1.54) is 24.3 Å². The van der Waals surface area contributed by atoms with Crippen molar-refractivity contribution in [3.8, 4) is 5.75 Å². The highest BCUT2D eigenvalue weighted by molar-refractivity contribution is 7.89. The third kappa shape index (κ3) is 6.32. The van der Waals surface area contributed by atoms with Crippen LogP contribution >= 0.6 is 11.6 Å². The van der Waals surface area contributed by atoms with Gasteiger partial charge in [0.15, 0.2) is 0 Å². The van der Waals surface area contributed by atoms with Crippen LogP contribution in [0.25, 0.3) is 0 Å². The summed E-state index contributed by atoms with van der Waals surface area (Å²) >= 11 is 5.87. The molecule has 0 fully saturated rings. The zero-order valence-corrected chi connectivity index (χ0v) is 19.4. The van der Waals surface area contributed by atoms with Crippen molar-refractivity contribution in [3.05, 3.63) is 95.0 Å². The number of carbonyl (C=O) groups is 1. The standard InChI is InChI=1S/C24H25ClN2O4S/c1-17(19-8-12-21(31-2)13-9-19)26-24(28)23(16-18-6-4-3-5-7-18)27-32(29,30)22-14-10-20(25)11-15-22/h3-15,17,23,27H,16H2,1-2H3,(H,26,28)/t17-,23+/m1/s1. The molecule has 1 amide bonds. The summed E-state index contributed by atoms with van der Waals surface area (Å²) in [5.74, 6) is 0.291. The van der Waals surface area contributed by atoms with Crippen LogP contribution in [0.5, 0.6) is 5.75 Å². The molecule has 0 saturated carbocycles. The number of hydrogen-bond acceptors (Lipinski definition) is 4. The summed E-state index contributed by atoms with van der Waals surface area (Å²) < 4.78 is 33.6. The molecule has 0 unspecified atom stereocenters. The molecule has 3 aromatic rings. The van der Waals surface area contributed by atoms with E-state index in [9.17, 15) is 13.2 Å². The quantitative estimate of drug-likeness (QED) is 0.490. The molecule has 0 saturated heterocycles. The molecule has 0 aliphatic heterocycles. The number of methoxy groups -OCH3 is 1. The SMILES string of the molecule is COc1ccc([C@@H](C)NC(=O)[C@H](Cc2ccccc2)NS(=O)(=O)c2ccc(Cl)cc2)cc1. The smallest absolute Gasteiger partial charge is 0.241 e. The number of ether oxygens (including phenoxy) is 1. The molecule has 0 bridgehead atoms. The monoisotopic (exact) mass is 472 g/mol. The molecule has 2 N–H and O–H groups in total. The van der Waals surface area contributed by atoms with Gasteiger partial charge in [-0.25, -0.2) is 8.42 Å². The maximum Gasteiger partial charge on any atom is 0.241 e. The van der Waals surface area contributed by atoms with Gasteiger partial charge in [-0.05, 0) is 60.9 Å². The minimum absolute atomic E-state index is 0.0379. The van der Waals surface area contributed by atoms with Crippen molar-refractivity contribution in [1.82, 2.24) is 10.0 Å². The first-order valence-corrected chi connectivity index (χ1v) is 11.9. The second kappa shape index (κ2) is 10.6. The van der Waals surface area contributed by atoms with Gasteiger partial charge in [0, 0.05) is 5.02 Å². The maximum absolute atomic E-state index is 13.1. The molecular weight excluding hydrogens is 448 g/mol. The Labute approximate surface area is 193 Å². The van der Waals surface area contributed by atoms with Gasteiger partial charge in [-0.1, -0.05) is 54.1 Å². The van der Waals surface area contributed by atoms with E-state index in [2.05, 4.69) is 10.0 Å². The fourth-order valence-electron chi connectivity index (χ4n) is 3.20. The van der Waals surface area contributed by atoms with Crippen LogP contribution in [0.2, 0.25) is 5.02 Å². The lowest BCUT2D eigenvalue weighted by atomic mass is 10.0. The van der Waals surface area contributed by atoms with E-state index in [0.29, 0.717) is 10.8 Å². The van der Waals surface area contributed by atoms with Crippen LogP contribution < -0.4 is 14.8 Å². The van der Waals surface area contributed by atoms with Gasteiger partial charge in [-0.3, -0.25) is 4.79 Å². The Kier molecular flexibility index (Phi) is 7.90. The Hall–Kier alpha value is -2.87. The molecule has 32 heavy (non-hydrogen) atoms. The minimum atomic E-state index is -3.94. The summed E-state index contributed by atoms with van der Waals surface area (Å²) in [6.45, 7) is 1.84. The first-order valence-electron chi connectivity index (χ1n) is 10.0. The number of sulfonamides is 1. The minimum Gasteiger partial charge on any atom is -0.497 e. The van der Waals surface area contributed by atoms with Crippen LogP contribution in [0.1, 0.15) is 24.1 Å². The molecule has 3 aromatic carbocycles. The molecule has 0 aliphatic rings. The van der Waals surface area contributed by atoms with E-state index in [0.717, 1.165) is 11.1 Å². The van der Waals surface area contributed by atoms with E-state index < -0.39 is 22.0 Å². The molecule has 0 aromatic heterocycles. The van der Waals surface area contributed by atoms with Crippen LogP contribution in [0, 0.1) is 0 Å². The molecule has 6 nitrogen and oxygen atoms in total. The molecule has 3 rings (SSSR count). The van der Waals surface area contributed by atoms with Gasteiger partial charge < -0.3 is 10.1 Å². The second-order valence-electron chi connectivity index (χ2n) is 7.32. The average Bonchev–Trinajstić information content (AvgIpc) is 2.79. The first-order chi connectivity index (χ1) is 15.3. The summed E-state index contributed by atoms with van der Waals surface area (Å²) in [5.41, 5.74) is 1.71. The summed E-state index contributed by atoms with van der Waals surface area (Å²) in [6, 6.07) is 21.1. The van der Waals surface area contributed by atoms with Crippen LogP contribution in [0.4, 0.5) is 0 Å². The zero-order chi connectivity index (χ0) is 23.1. The number of halogens is 1. The Morgan fingerprint density at radius 3 is 2.19 bits per heavy atom. The number of carbonyl (C=O) groups excluding carboxylic acids is 1. The molecule has 168 valence electrons. The predicted octanol–water partition coefficient (Wildman–Crippen LogP) is 4.12. The Bertz CT molecular complexity index is 1130. The number of benzene rings is 3. The van der Waals surface area contributed by atoms with E-state index in [1.807, 2.05) is 61.5 Å². The lowest BCUT2D eigenvalue weighted by Crippen LogP contribution is -2.48. The van der Waals surface area contributed by atoms with Crippen LogP contribution in [0.3, 0.4) is 0 Å². The van der Waals surface area contributed by atoms with Crippen molar-refractivity contribution in [2.75, 3.05) is 7.11 Å².